The van der Waals surface area contributed by atoms with Crippen molar-refractivity contribution in [2.24, 2.45) is 5.92 Å². The molecule has 198 valence electrons. The van der Waals surface area contributed by atoms with Gasteiger partial charge in [0.25, 0.3) is 0 Å². The summed E-state index contributed by atoms with van der Waals surface area (Å²) in [6.45, 7) is 9.43. The van der Waals surface area contributed by atoms with Gasteiger partial charge in [0.1, 0.15) is 0 Å². The standard InChI is InChI=1S/C27H37N7O3/c1-6-22(35)33-14-10-13-19(15-33)25(36)29-24-20-16-34(27(2,3)23(20)30-31-24)26(37)28-21(17-32(4)5)18-11-8-7-9-12-18/h6-9,11-12,19,21H,1,10,13-17H2,2-5H3,(H,28,37)(H2,29,30,31,36)/t19-,21?/m1/s1. The number of carbonyl (C=O) groups excluding carboxylic acids is 3. The van der Waals surface area contributed by atoms with Crippen molar-refractivity contribution >= 4 is 23.7 Å². The van der Waals surface area contributed by atoms with E-state index in [1.165, 1.54) is 6.08 Å². The Kier molecular flexibility index (Phi) is 7.68. The average molecular weight is 508 g/mol. The van der Waals surface area contributed by atoms with Crippen molar-refractivity contribution in [3.63, 3.8) is 0 Å². The van der Waals surface area contributed by atoms with E-state index in [2.05, 4.69) is 27.4 Å². The first kappa shape index (κ1) is 26.4. The fourth-order valence-corrected chi connectivity index (χ4v) is 5.20. The molecule has 2 aliphatic heterocycles. The maximum absolute atomic E-state index is 13.5. The summed E-state index contributed by atoms with van der Waals surface area (Å²) >= 11 is 0. The highest BCUT2D eigenvalue weighted by atomic mass is 16.2. The van der Waals surface area contributed by atoms with Crippen LogP contribution in [0.1, 0.15) is 49.6 Å². The zero-order valence-corrected chi connectivity index (χ0v) is 22.1. The topological polar surface area (TPSA) is 114 Å². The summed E-state index contributed by atoms with van der Waals surface area (Å²) in [4.78, 5) is 44.1. The monoisotopic (exact) mass is 507 g/mol. The first-order valence-corrected chi connectivity index (χ1v) is 12.7. The van der Waals surface area contributed by atoms with Crippen molar-refractivity contribution in [2.45, 2.75) is 44.8 Å². The summed E-state index contributed by atoms with van der Waals surface area (Å²) in [6.07, 6.45) is 2.74. The predicted octanol–water partition coefficient (Wildman–Crippen LogP) is 2.84. The molecule has 1 aromatic heterocycles. The van der Waals surface area contributed by atoms with Gasteiger partial charge in [0.15, 0.2) is 5.82 Å². The van der Waals surface area contributed by atoms with Gasteiger partial charge in [-0.05, 0) is 52.4 Å². The minimum Gasteiger partial charge on any atom is -0.338 e. The Labute approximate surface area is 218 Å². The van der Waals surface area contributed by atoms with E-state index in [9.17, 15) is 14.4 Å². The van der Waals surface area contributed by atoms with E-state index in [0.717, 1.165) is 23.2 Å². The summed E-state index contributed by atoms with van der Waals surface area (Å²) in [5.74, 6) is -0.226. The average Bonchev–Trinajstić information content (AvgIpc) is 3.41. The highest BCUT2D eigenvalue weighted by Gasteiger charge is 2.44. The first-order valence-electron chi connectivity index (χ1n) is 12.7. The maximum Gasteiger partial charge on any atom is 0.319 e. The number of hydrogen-bond donors (Lipinski definition) is 3. The predicted molar refractivity (Wildman–Crippen MR) is 142 cm³/mol. The van der Waals surface area contributed by atoms with Crippen molar-refractivity contribution in [3.8, 4) is 0 Å². The number of piperidine rings is 1. The Bertz CT molecular complexity index is 1160. The normalized spacial score (nSPS) is 19.3. The summed E-state index contributed by atoms with van der Waals surface area (Å²) in [7, 11) is 3.96. The van der Waals surface area contributed by atoms with Crippen LogP contribution in [0.25, 0.3) is 0 Å². The number of fused-ring (bicyclic) bond motifs is 1. The van der Waals surface area contributed by atoms with Gasteiger partial charge < -0.3 is 25.3 Å². The quantitative estimate of drug-likeness (QED) is 0.499. The second-order valence-electron chi connectivity index (χ2n) is 10.6. The third kappa shape index (κ3) is 5.53. The fourth-order valence-electron chi connectivity index (χ4n) is 5.20. The molecule has 0 radical (unpaired) electrons. The number of benzene rings is 1. The van der Waals surface area contributed by atoms with Gasteiger partial charge in [0.05, 0.1) is 29.7 Å². The second kappa shape index (κ2) is 10.8. The molecule has 10 nitrogen and oxygen atoms in total. The smallest absolute Gasteiger partial charge is 0.319 e. The van der Waals surface area contributed by atoms with Crippen LogP contribution in [0.2, 0.25) is 0 Å². The number of rotatable bonds is 7. The van der Waals surface area contributed by atoms with Crippen molar-refractivity contribution in [1.29, 1.82) is 0 Å². The van der Waals surface area contributed by atoms with E-state index >= 15 is 0 Å². The lowest BCUT2D eigenvalue weighted by Crippen LogP contribution is -2.48. The highest BCUT2D eigenvalue weighted by Crippen LogP contribution is 2.40. The third-order valence-corrected chi connectivity index (χ3v) is 7.28. The third-order valence-electron chi connectivity index (χ3n) is 7.28. The summed E-state index contributed by atoms with van der Waals surface area (Å²) < 4.78 is 0. The number of aromatic amines is 1. The van der Waals surface area contributed by atoms with Crippen LogP contribution in [-0.4, -0.2) is 76.5 Å². The molecule has 0 spiro atoms. The molecule has 4 rings (SSSR count). The number of amides is 4. The Morgan fingerprint density at radius 3 is 2.68 bits per heavy atom. The van der Waals surface area contributed by atoms with Crippen molar-refractivity contribution in [2.75, 3.05) is 39.0 Å². The minimum absolute atomic E-state index is 0.162. The second-order valence-corrected chi connectivity index (χ2v) is 10.6. The Morgan fingerprint density at radius 1 is 1.27 bits per heavy atom. The van der Waals surface area contributed by atoms with Crippen LogP contribution in [0.15, 0.2) is 43.0 Å². The number of likely N-dealkylation sites (tertiary alicyclic amines) is 1. The molecular formula is C27H37N7O3. The summed E-state index contributed by atoms with van der Waals surface area (Å²) in [5.41, 5.74) is 1.99. The van der Waals surface area contributed by atoms with Crippen LogP contribution in [0, 0.1) is 5.92 Å². The lowest BCUT2D eigenvalue weighted by atomic mass is 9.97. The van der Waals surface area contributed by atoms with Gasteiger partial charge in [0.2, 0.25) is 11.8 Å². The molecule has 37 heavy (non-hydrogen) atoms. The first-order chi connectivity index (χ1) is 17.6. The molecule has 3 N–H and O–H groups in total. The highest BCUT2D eigenvalue weighted by molar-refractivity contribution is 5.94. The van der Waals surface area contributed by atoms with Gasteiger partial charge in [0, 0.05) is 25.2 Å². The molecule has 2 aliphatic rings. The Balaban J connectivity index is 1.47. The van der Waals surface area contributed by atoms with Crippen molar-refractivity contribution in [1.82, 2.24) is 30.2 Å². The van der Waals surface area contributed by atoms with Gasteiger partial charge in [-0.1, -0.05) is 36.9 Å². The molecule has 2 aromatic rings. The van der Waals surface area contributed by atoms with E-state index in [-0.39, 0.29) is 29.8 Å². The molecule has 1 aromatic carbocycles. The summed E-state index contributed by atoms with van der Waals surface area (Å²) in [6, 6.07) is 9.55. The van der Waals surface area contributed by atoms with E-state index < -0.39 is 5.54 Å². The summed E-state index contributed by atoms with van der Waals surface area (Å²) in [5, 5.41) is 13.6. The number of H-pyrrole nitrogens is 1. The van der Waals surface area contributed by atoms with Gasteiger partial charge in [-0.15, -0.1) is 0 Å². The Hall–Kier alpha value is -3.66. The molecule has 0 aliphatic carbocycles. The number of urea groups is 1. The van der Waals surface area contributed by atoms with E-state index in [1.807, 2.05) is 63.2 Å². The number of carbonyl (C=O) groups is 3. The van der Waals surface area contributed by atoms with E-state index in [4.69, 9.17) is 0 Å². The molecular weight excluding hydrogens is 470 g/mol. The van der Waals surface area contributed by atoms with Crippen LogP contribution in [0.4, 0.5) is 10.6 Å². The van der Waals surface area contributed by atoms with Crippen LogP contribution < -0.4 is 10.6 Å². The van der Waals surface area contributed by atoms with Gasteiger partial charge in [-0.3, -0.25) is 14.7 Å². The maximum atomic E-state index is 13.5. The molecule has 10 heteroatoms. The largest absolute Gasteiger partial charge is 0.338 e. The van der Waals surface area contributed by atoms with Crippen LogP contribution in [-0.2, 0) is 21.7 Å². The van der Waals surface area contributed by atoms with Crippen molar-refractivity contribution < 1.29 is 14.4 Å². The fraction of sp³-hybridized carbons (Fsp3) is 0.481. The van der Waals surface area contributed by atoms with Crippen molar-refractivity contribution in [3.05, 3.63) is 59.8 Å². The lowest BCUT2D eigenvalue weighted by Gasteiger charge is -2.34. The molecule has 1 unspecified atom stereocenters. The van der Waals surface area contributed by atoms with Crippen LogP contribution in [0.5, 0.6) is 0 Å². The molecule has 4 amide bonds. The van der Waals surface area contributed by atoms with Gasteiger partial charge >= 0.3 is 6.03 Å². The molecule has 0 saturated carbocycles. The SMILES string of the molecule is C=CC(=O)N1CCC[C@@H](C(=O)Nc2n[nH]c3c2CN(C(=O)NC(CN(C)C)c2ccccc2)C3(C)C)C1. The number of hydrogen-bond acceptors (Lipinski definition) is 5. The van der Waals surface area contributed by atoms with E-state index in [0.29, 0.717) is 38.4 Å². The molecule has 0 bridgehead atoms. The number of likely N-dealkylation sites (N-methyl/N-ethyl adjacent to an activating group) is 1. The van der Waals surface area contributed by atoms with Crippen LogP contribution >= 0.6 is 0 Å². The van der Waals surface area contributed by atoms with Gasteiger partial charge in [-0.25, -0.2) is 4.79 Å². The van der Waals surface area contributed by atoms with Crippen LogP contribution in [0.3, 0.4) is 0 Å². The molecule has 1 saturated heterocycles. The molecule has 1 fully saturated rings. The zero-order valence-electron chi connectivity index (χ0n) is 22.1. The number of anilines is 1. The van der Waals surface area contributed by atoms with Gasteiger partial charge in [-0.2, -0.15) is 5.10 Å². The van der Waals surface area contributed by atoms with E-state index in [1.54, 1.807) is 9.80 Å². The molecule has 2 atom stereocenters. The number of nitrogens with zero attached hydrogens (tertiary/aromatic N) is 4. The minimum atomic E-state index is -0.646. The molecule has 3 heterocycles. The lowest BCUT2D eigenvalue weighted by molar-refractivity contribution is -0.130. The number of nitrogens with one attached hydrogen (secondary N) is 3. The zero-order chi connectivity index (χ0) is 26.7. The number of aromatic nitrogens is 2. The Morgan fingerprint density at radius 2 is 2.00 bits per heavy atom.